The van der Waals surface area contributed by atoms with E-state index < -0.39 is 12.0 Å². The summed E-state index contributed by atoms with van der Waals surface area (Å²) in [6.07, 6.45) is 0.885. The highest BCUT2D eigenvalue weighted by Gasteiger charge is 2.10. The quantitative estimate of drug-likeness (QED) is 0.528. The van der Waals surface area contributed by atoms with Crippen molar-refractivity contribution in [1.29, 1.82) is 0 Å². The second-order valence-corrected chi connectivity index (χ2v) is 4.13. The molecule has 0 fully saturated rings. The van der Waals surface area contributed by atoms with Crippen LogP contribution in [-0.4, -0.2) is 55.6 Å². The molecule has 0 radical (unpaired) electrons. The van der Waals surface area contributed by atoms with Gasteiger partial charge in [-0.15, -0.1) is 0 Å². The molecule has 0 spiro atoms. The summed E-state index contributed by atoms with van der Waals surface area (Å²) < 4.78 is 10.1. The highest BCUT2D eigenvalue weighted by atomic mass is 32.2. The van der Waals surface area contributed by atoms with Crippen LogP contribution in [-0.2, 0) is 14.3 Å². The maximum atomic E-state index is 10.4. The predicted octanol–water partition coefficient (Wildman–Crippen LogP) is 0.185. The van der Waals surface area contributed by atoms with Gasteiger partial charge in [0.2, 0.25) is 0 Å². The largest absolute Gasteiger partial charge is 0.480 e. The molecule has 0 aromatic heterocycles. The molecule has 6 heteroatoms. The van der Waals surface area contributed by atoms with E-state index in [2.05, 4.69) is 0 Å². The number of carboxylic acids is 1. The van der Waals surface area contributed by atoms with Crippen LogP contribution in [0.3, 0.4) is 0 Å². The lowest BCUT2D eigenvalue weighted by Gasteiger charge is -2.06. The van der Waals surface area contributed by atoms with Gasteiger partial charge >= 0.3 is 5.97 Å². The third-order valence-electron chi connectivity index (χ3n) is 1.62. The van der Waals surface area contributed by atoms with E-state index >= 15 is 0 Å². The molecule has 90 valence electrons. The molecule has 0 heterocycles. The number of thioether (sulfide) groups is 1. The highest BCUT2D eigenvalue weighted by molar-refractivity contribution is 7.99. The maximum absolute atomic E-state index is 10.4. The molecule has 15 heavy (non-hydrogen) atoms. The van der Waals surface area contributed by atoms with E-state index in [0.29, 0.717) is 25.6 Å². The Labute approximate surface area is 94.3 Å². The standard InChI is InChI=1S/C9H19NO4S/c1-13-3-2-4-14-5-6-15-7-8(10)9(11)12/h8H,2-7,10H2,1H3,(H,11,12). The first-order valence-electron chi connectivity index (χ1n) is 4.81. The summed E-state index contributed by atoms with van der Waals surface area (Å²) in [6, 6.07) is -0.775. The van der Waals surface area contributed by atoms with Crippen LogP contribution in [0.5, 0.6) is 0 Å². The summed E-state index contributed by atoms with van der Waals surface area (Å²) in [6.45, 7) is 2.01. The van der Waals surface area contributed by atoms with Crippen LogP contribution in [0, 0.1) is 0 Å². The van der Waals surface area contributed by atoms with Gasteiger partial charge in [0, 0.05) is 31.8 Å². The SMILES string of the molecule is COCCCOCCSCC(N)C(=O)O. The third kappa shape index (κ3) is 9.99. The molecule has 1 unspecified atom stereocenters. The van der Waals surface area contributed by atoms with Crippen LogP contribution in [0.1, 0.15) is 6.42 Å². The van der Waals surface area contributed by atoms with Gasteiger partial charge in [-0.1, -0.05) is 0 Å². The number of hydrogen-bond acceptors (Lipinski definition) is 5. The Morgan fingerprint density at radius 3 is 2.80 bits per heavy atom. The molecule has 0 saturated carbocycles. The van der Waals surface area contributed by atoms with Gasteiger partial charge in [0.15, 0.2) is 0 Å². The Hall–Kier alpha value is -0.300. The van der Waals surface area contributed by atoms with E-state index in [1.54, 1.807) is 7.11 Å². The van der Waals surface area contributed by atoms with Gasteiger partial charge in [-0.05, 0) is 6.42 Å². The van der Waals surface area contributed by atoms with E-state index in [1.807, 2.05) is 0 Å². The van der Waals surface area contributed by atoms with Gasteiger partial charge in [-0.2, -0.15) is 11.8 Å². The molecule has 3 N–H and O–H groups in total. The molecular formula is C9H19NO4S. The van der Waals surface area contributed by atoms with E-state index in [4.69, 9.17) is 20.3 Å². The van der Waals surface area contributed by atoms with Crippen molar-refractivity contribution in [3.05, 3.63) is 0 Å². The summed E-state index contributed by atoms with van der Waals surface area (Å²) in [7, 11) is 1.66. The number of carboxylic acid groups (broad SMARTS) is 1. The van der Waals surface area contributed by atoms with Crippen molar-refractivity contribution in [1.82, 2.24) is 0 Å². The van der Waals surface area contributed by atoms with Gasteiger partial charge < -0.3 is 20.3 Å². The zero-order chi connectivity index (χ0) is 11.5. The van der Waals surface area contributed by atoms with Crippen molar-refractivity contribution in [2.24, 2.45) is 5.73 Å². The summed E-state index contributed by atoms with van der Waals surface area (Å²) >= 11 is 1.49. The molecule has 0 aliphatic heterocycles. The Morgan fingerprint density at radius 1 is 1.47 bits per heavy atom. The molecule has 1 atom stereocenters. The average molecular weight is 237 g/mol. The molecule has 0 bridgehead atoms. The van der Waals surface area contributed by atoms with Crippen LogP contribution < -0.4 is 5.73 Å². The van der Waals surface area contributed by atoms with Crippen LogP contribution in [0.4, 0.5) is 0 Å². The fraction of sp³-hybridized carbons (Fsp3) is 0.889. The van der Waals surface area contributed by atoms with Crippen molar-refractivity contribution in [2.45, 2.75) is 12.5 Å². The lowest BCUT2D eigenvalue weighted by atomic mass is 10.4. The van der Waals surface area contributed by atoms with Crippen LogP contribution >= 0.6 is 11.8 Å². The number of methoxy groups -OCH3 is 1. The van der Waals surface area contributed by atoms with Gasteiger partial charge in [0.25, 0.3) is 0 Å². The van der Waals surface area contributed by atoms with Crippen molar-refractivity contribution >= 4 is 17.7 Å². The molecule has 0 rings (SSSR count). The fourth-order valence-electron chi connectivity index (χ4n) is 0.807. The molecule has 0 amide bonds. The lowest BCUT2D eigenvalue weighted by Crippen LogP contribution is -2.32. The summed E-state index contributed by atoms with van der Waals surface area (Å²) in [5, 5.41) is 8.50. The predicted molar refractivity (Wildman–Crippen MR) is 60.2 cm³/mol. The van der Waals surface area contributed by atoms with Gasteiger partial charge in [0.1, 0.15) is 6.04 Å². The van der Waals surface area contributed by atoms with Crippen molar-refractivity contribution in [2.75, 3.05) is 38.4 Å². The van der Waals surface area contributed by atoms with Crippen molar-refractivity contribution in [3.63, 3.8) is 0 Å². The summed E-state index contributed by atoms with van der Waals surface area (Å²) in [5.41, 5.74) is 5.32. The number of aliphatic carboxylic acids is 1. The Bertz CT molecular complexity index is 168. The first kappa shape index (κ1) is 14.7. The Balaban J connectivity index is 3.08. The van der Waals surface area contributed by atoms with Crippen LogP contribution in [0.25, 0.3) is 0 Å². The molecule has 0 saturated heterocycles. The van der Waals surface area contributed by atoms with E-state index in [1.165, 1.54) is 11.8 Å². The number of ether oxygens (including phenoxy) is 2. The van der Waals surface area contributed by atoms with Crippen molar-refractivity contribution in [3.8, 4) is 0 Å². The number of rotatable bonds is 10. The summed E-state index contributed by atoms with van der Waals surface area (Å²) in [5.74, 6) is 0.244. The smallest absolute Gasteiger partial charge is 0.321 e. The lowest BCUT2D eigenvalue weighted by molar-refractivity contribution is -0.137. The molecule has 0 aromatic rings. The molecule has 0 aromatic carbocycles. The average Bonchev–Trinajstić information content (AvgIpc) is 2.21. The highest BCUT2D eigenvalue weighted by Crippen LogP contribution is 2.01. The minimum Gasteiger partial charge on any atom is -0.480 e. The fourth-order valence-corrected chi connectivity index (χ4v) is 1.61. The van der Waals surface area contributed by atoms with Crippen molar-refractivity contribution < 1.29 is 19.4 Å². The van der Waals surface area contributed by atoms with Crippen LogP contribution in [0.2, 0.25) is 0 Å². The van der Waals surface area contributed by atoms with Gasteiger partial charge in [0.05, 0.1) is 6.61 Å². The first-order chi connectivity index (χ1) is 7.18. The van der Waals surface area contributed by atoms with E-state index in [0.717, 1.165) is 12.2 Å². The first-order valence-corrected chi connectivity index (χ1v) is 5.96. The van der Waals surface area contributed by atoms with Gasteiger partial charge in [-0.25, -0.2) is 0 Å². The number of nitrogens with two attached hydrogens (primary N) is 1. The number of hydrogen-bond donors (Lipinski definition) is 2. The molecule has 0 aliphatic carbocycles. The minimum absolute atomic E-state index is 0.427. The molecule has 5 nitrogen and oxygen atoms in total. The normalized spacial score (nSPS) is 12.7. The molecule has 0 aliphatic rings. The van der Waals surface area contributed by atoms with Gasteiger partial charge in [-0.3, -0.25) is 4.79 Å². The third-order valence-corrected chi connectivity index (χ3v) is 2.67. The second kappa shape index (κ2) is 10.2. The topological polar surface area (TPSA) is 81.8 Å². The minimum atomic E-state index is -0.955. The Kier molecular flexibility index (Phi) is 10.0. The second-order valence-electron chi connectivity index (χ2n) is 2.98. The zero-order valence-corrected chi connectivity index (χ0v) is 9.79. The maximum Gasteiger partial charge on any atom is 0.321 e. The zero-order valence-electron chi connectivity index (χ0n) is 8.98. The number of carbonyl (C=O) groups is 1. The summed E-state index contributed by atoms with van der Waals surface area (Å²) in [4.78, 5) is 10.4. The molecular weight excluding hydrogens is 218 g/mol. The Morgan fingerprint density at radius 2 is 2.20 bits per heavy atom. The monoisotopic (exact) mass is 237 g/mol. The van der Waals surface area contributed by atoms with Crippen LogP contribution in [0.15, 0.2) is 0 Å². The van der Waals surface area contributed by atoms with E-state index in [9.17, 15) is 4.79 Å². The van der Waals surface area contributed by atoms with E-state index in [-0.39, 0.29) is 0 Å².